The molecule has 0 saturated carbocycles. The van der Waals surface area contributed by atoms with Crippen LogP contribution in [0.2, 0.25) is 5.02 Å². The number of hydrogen-bond donors (Lipinski definition) is 1. The number of amides is 1. The molecule has 0 unspecified atom stereocenters. The van der Waals surface area contributed by atoms with Gasteiger partial charge in [0.25, 0.3) is 0 Å². The van der Waals surface area contributed by atoms with E-state index in [-0.39, 0.29) is 18.9 Å². The van der Waals surface area contributed by atoms with Crippen LogP contribution >= 0.6 is 34.7 Å². The number of hydrogen-bond acceptors (Lipinski definition) is 7. The van der Waals surface area contributed by atoms with E-state index in [4.69, 9.17) is 16.1 Å². The number of halogens is 1. The molecule has 1 aromatic carbocycles. The molecule has 3 aromatic rings. The van der Waals surface area contributed by atoms with Crippen LogP contribution in [0.25, 0.3) is 0 Å². The van der Waals surface area contributed by atoms with E-state index in [1.165, 1.54) is 11.3 Å². The molecule has 25 heavy (non-hydrogen) atoms. The summed E-state index contributed by atoms with van der Waals surface area (Å²) in [6.07, 6.45) is 0.224. The lowest BCUT2D eigenvalue weighted by Gasteiger charge is -2.00. The maximum Gasteiger partial charge on any atom is 0.246 e. The first-order chi connectivity index (χ1) is 12.1. The van der Waals surface area contributed by atoms with Gasteiger partial charge in [-0.1, -0.05) is 40.7 Å². The third-order valence-corrected chi connectivity index (χ3v) is 5.51. The van der Waals surface area contributed by atoms with E-state index in [0.29, 0.717) is 11.7 Å². The van der Waals surface area contributed by atoms with Gasteiger partial charge in [0.1, 0.15) is 4.34 Å². The first kappa shape index (κ1) is 17.9. The van der Waals surface area contributed by atoms with Gasteiger partial charge in [0.2, 0.25) is 11.8 Å². The fourth-order valence-electron chi connectivity index (χ4n) is 2.02. The van der Waals surface area contributed by atoms with Gasteiger partial charge in [0, 0.05) is 16.2 Å². The molecule has 0 aliphatic heterocycles. The molecule has 9 heteroatoms. The number of nitrogens with one attached hydrogen (secondary N) is 1. The standard InChI is InChI=1S/C16H15ClN4O2S2/c1-10-19-15(23-21-10)7-18-14(22)6-13-9-25-16(20-13)24-8-11-3-2-4-12(17)5-11/h2-5,9H,6-8H2,1H3,(H,18,22). The second-order valence-electron chi connectivity index (χ2n) is 5.21. The van der Waals surface area contributed by atoms with E-state index in [9.17, 15) is 4.79 Å². The lowest BCUT2D eigenvalue weighted by molar-refractivity contribution is -0.120. The second-order valence-corrected chi connectivity index (χ2v) is 7.73. The molecule has 0 radical (unpaired) electrons. The summed E-state index contributed by atoms with van der Waals surface area (Å²) in [5.74, 6) is 1.59. The highest BCUT2D eigenvalue weighted by Gasteiger charge is 2.10. The fraction of sp³-hybridized carbons (Fsp3) is 0.250. The van der Waals surface area contributed by atoms with Crippen LogP contribution in [0.3, 0.4) is 0 Å². The van der Waals surface area contributed by atoms with Crippen LogP contribution in [0.4, 0.5) is 0 Å². The summed E-state index contributed by atoms with van der Waals surface area (Å²) in [6, 6.07) is 7.75. The van der Waals surface area contributed by atoms with E-state index in [2.05, 4.69) is 20.4 Å². The van der Waals surface area contributed by atoms with Crippen LogP contribution in [-0.4, -0.2) is 21.0 Å². The molecule has 0 spiro atoms. The molecule has 1 amide bonds. The Kier molecular flexibility index (Phi) is 6.06. The van der Waals surface area contributed by atoms with Crippen molar-refractivity contribution in [2.24, 2.45) is 0 Å². The van der Waals surface area contributed by atoms with E-state index in [1.807, 2.05) is 29.6 Å². The quantitative estimate of drug-likeness (QED) is 0.616. The predicted octanol–water partition coefficient (Wildman–Crippen LogP) is 3.64. The summed E-state index contributed by atoms with van der Waals surface area (Å²) in [6.45, 7) is 1.95. The largest absolute Gasteiger partial charge is 0.347 e. The predicted molar refractivity (Wildman–Crippen MR) is 97.7 cm³/mol. The number of aryl methyl sites for hydroxylation is 1. The fourth-order valence-corrected chi connectivity index (χ4v) is 4.02. The van der Waals surface area contributed by atoms with Gasteiger partial charge in [-0.05, 0) is 24.6 Å². The highest BCUT2D eigenvalue weighted by Crippen LogP contribution is 2.27. The zero-order valence-corrected chi connectivity index (χ0v) is 15.7. The molecule has 3 rings (SSSR count). The van der Waals surface area contributed by atoms with Crippen LogP contribution in [0.15, 0.2) is 38.5 Å². The molecular weight excluding hydrogens is 380 g/mol. The highest BCUT2D eigenvalue weighted by molar-refractivity contribution is 8.00. The topological polar surface area (TPSA) is 80.9 Å². The van der Waals surface area contributed by atoms with Gasteiger partial charge in [-0.15, -0.1) is 11.3 Å². The first-order valence-electron chi connectivity index (χ1n) is 7.46. The molecule has 0 atom stereocenters. The van der Waals surface area contributed by atoms with Crippen molar-refractivity contribution in [3.05, 3.63) is 57.6 Å². The normalized spacial score (nSPS) is 10.8. The van der Waals surface area contributed by atoms with Crippen molar-refractivity contribution < 1.29 is 9.32 Å². The van der Waals surface area contributed by atoms with Gasteiger partial charge in [-0.25, -0.2) is 4.98 Å². The third-order valence-electron chi connectivity index (χ3n) is 3.13. The van der Waals surface area contributed by atoms with Crippen LogP contribution in [0.1, 0.15) is 23.0 Å². The number of benzene rings is 1. The molecule has 0 saturated heterocycles. The summed E-state index contributed by atoms with van der Waals surface area (Å²) in [7, 11) is 0. The molecule has 1 N–H and O–H groups in total. The summed E-state index contributed by atoms with van der Waals surface area (Å²) >= 11 is 9.14. The second kappa shape index (κ2) is 8.46. The van der Waals surface area contributed by atoms with Crippen molar-refractivity contribution in [2.45, 2.75) is 30.0 Å². The van der Waals surface area contributed by atoms with Gasteiger partial charge in [0.15, 0.2) is 5.82 Å². The molecule has 0 bridgehead atoms. The summed E-state index contributed by atoms with van der Waals surface area (Å²) in [4.78, 5) is 20.5. The Bertz CT molecular complexity index is 865. The summed E-state index contributed by atoms with van der Waals surface area (Å²) in [5.41, 5.74) is 1.89. The van der Waals surface area contributed by atoms with Crippen LogP contribution in [0.5, 0.6) is 0 Å². The number of rotatable bonds is 7. The Morgan fingerprint density at radius 1 is 1.40 bits per heavy atom. The van der Waals surface area contributed by atoms with Crippen molar-refractivity contribution in [2.75, 3.05) is 0 Å². The third kappa shape index (κ3) is 5.55. The minimum absolute atomic E-state index is 0.132. The van der Waals surface area contributed by atoms with Crippen LogP contribution < -0.4 is 5.32 Å². The van der Waals surface area contributed by atoms with Crippen molar-refractivity contribution >= 4 is 40.6 Å². The van der Waals surface area contributed by atoms with E-state index in [1.54, 1.807) is 18.7 Å². The molecule has 0 aliphatic carbocycles. The van der Waals surface area contributed by atoms with E-state index < -0.39 is 0 Å². The number of carbonyl (C=O) groups is 1. The molecule has 2 aromatic heterocycles. The minimum atomic E-state index is -0.132. The Morgan fingerprint density at radius 2 is 2.28 bits per heavy atom. The SMILES string of the molecule is Cc1noc(CNC(=O)Cc2csc(SCc3cccc(Cl)c3)n2)n1. The first-order valence-corrected chi connectivity index (χ1v) is 9.70. The van der Waals surface area contributed by atoms with Gasteiger partial charge in [-0.3, -0.25) is 4.79 Å². The van der Waals surface area contributed by atoms with Gasteiger partial charge in [-0.2, -0.15) is 4.98 Å². The molecule has 0 fully saturated rings. The molecule has 6 nitrogen and oxygen atoms in total. The van der Waals surface area contributed by atoms with E-state index in [0.717, 1.165) is 26.4 Å². The zero-order valence-electron chi connectivity index (χ0n) is 13.4. The number of nitrogens with zero attached hydrogens (tertiary/aromatic N) is 3. The minimum Gasteiger partial charge on any atom is -0.347 e. The maximum atomic E-state index is 12.0. The number of thioether (sulfide) groups is 1. The number of carbonyl (C=O) groups excluding carboxylic acids is 1. The number of aromatic nitrogens is 3. The maximum absolute atomic E-state index is 12.0. The Balaban J connectivity index is 1.46. The van der Waals surface area contributed by atoms with Crippen LogP contribution in [0, 0.1) is 6.92 Å². The molecular formula is C16H15ClN4O2S2. The molecule has 0 aliphatic rings. The van der Waals surface area contributed by atoms with Crippen molar-refractivity contribution in [1.82, 2.24) is 20.4 Å². The van der Waals surface area contributed by atoms with Crippen molar-refractivity contribution in [3.63, 3.8) is 0 Å². The lowest BCUT2D eigenvalue weighted by Crippen LogP contribution is -2.24. The number of thiazole rings is 1. The smallest absolute Gasteiger partial charge is 0.246 e. The summed E-state index contributed by atoms with van der Waals surface area (Å²) in [5, 5.41) is 9.04. The van der Waals surface area contributed by atoms with Gasteiger partial charge < -0.3 is 9.84 Å². The Morgan fingerprint density at radius 3 is 3.04 bits per heavy atom. The molecule has 130 valence electrons. The van der Waals surface area contributed by atoms with Gasteiger partial charge in [0.05, 0.1) is 18.7 Å². The Hall–Kier alpha value is -1.90. The average Bonchev–Trinajstić information content (AvgIpc) is 3.20. The van der Waals surface area contributed by atoms with Crippen molar-refractivity contribution in [1.29, 1.82) is 0 Å². The van der Waals surface area contributed by atoms with E-state index >= 15 is 0 Å². The average molecular weight is 395 g/mol. The van der Waals surface area contributed by atoms with Crippen LogP contribution in [-0.2, 0) is 23.5 Å². The molecule has 2 heterocycles. The highest BCUT2D eigenvalue weighted by atomic mass is 35.5. The monoisotopic (exact) mass is 394 g/mol. The Labute approximate surface area is 158 Å². The van der Waals surface area contributed by atoms with Gasteiger partial charge >= 0.3 is 0 Å². The summed E-state index contributed by atoms with van der Waals surface area (Å²) < 4.78 is 5.88. The van der Waals surface area contributed by atoms with Crippen molar-refractivity contribution in [3.8, 4) is 0 Å². The lowest BCUT2D eigenvalue weighted by atomic mass is 10.2. The zero-order chi connectivity index (χ0) is 17.6.